The molecule has 0 amide bonds. The second-order valence-electron chi connectivity index (χ2n) is 3.41. The highest BCUT2D eigenvalue weighted by Crippen LogP contribution is 2.25. The Morgan fingerprint density at radius 1 is 1.33 bits per heavy atom. The molecular weight excluding hydrogens is 188 g/mol. The highest BCUT2D eigenvalue weighted by molar-refractivity contribution is 5.63. The van der Waals surface area contributed by atoms with Crippen LogP contribution in [0.5, 0.6) is 0 Å². The summed E-state index contributed by atoms with van der Waals surface area (Å²) < 4.78 is 5.22. The molecule has 15 heavy (non-hydrogen) atoms. The Kier molecular flexibility index (Phi) is 2.26. The van der Waals surface area contributed by atoms with E-state index in [0.717, 1.165) is 22.6 Å². The molecule has 3 heteroatoms. The number of rotatable bonds is 1. The molecule has 3 nitrogen and oxygen atoms in total. The summed E-state index contributed by atoms with van der Waals surface area (Å²) in [5.74, 6) is 0.740. The molecule has 74 valence electrons. The summed E-state index contributed by atoms with van der Waals surface area (Å²) in [5, 5.41) is 12.7. The maximum Gasteiger partial charge on any atom is 0.170 e. The van der Waals surface area contributed by atoms with Gasteiger partial charge in [-0.25, -0.2) is 0 Å². The van der Waals surface area contributed by atoms with Crippen LogP contribution in [0.25, 0.3) is 11.3 Å². The van der Waals surface area contributed by atoms with Crippen molar-refractivity contribution >= 4 is 0 Å². The van der Waals surface area contributed by atoms with Crippen LogP contribution in [-0.4, -0.2) is 5.16 Å². The summed E-state index contributed by atoms with van der Waals surface area (Å²) in [7, 11) is 0. The lowest BCUT2D eigenvalue weighted by molar-refractivity contribution is 0.427. The molecule has 0 N–H and O–H groups in total. The highest BCUT2D eigenvalue weighted by atomic mass is 16.5. The van der Waals surface area contributed by atoms with E-state index < -0.39 is 0 Å². The van der Waals surface area contributed by atoms with Crippen LogP contribution in [0.2, 0.25) is 0 Å². The van der Waals surface area contributed by atoms with E-state index in [9.17, 15) is 0 Å². The van der Waals surface area contributed by atoms with Crippen LogP contribution in [0.3, 0.4) is 0 Å². The standard InChI is InChI=1S/C12H10N2O/c1-8-9(2)14-15-12(8)11-5-3-4-10(6-11)7-13/h3-6H,1-2H3. The Morgan fingerprint density at radius 2 is 2.13 bits per heavy atom. The number of hydrogen-bond donors (Lipinski definition) is 0. The van der Waals surface area contributed by atoms with Crippen molar-refractivity contribution in [3.05, 3.63) is 41.1 Å². The van der Waals surface area contributed by atoms with Gasteiger partial charge >= 0.3 is 0 Å². The summed E-state index contributed by atoms with van der Waals surface area (Å²) in [6.45, 7) is 3.86. The average molecular weight is 198 g/mol. The van der Waals surface area contributed by atoms with Gasteiger partial charge in [0.05, 0.1) is 17.3 Å². The van der Waals surface area contributed by atoms with Crippen molar-refractivity contribution in [2.75, 3.05) is 0 Å². The van der Waals surface area contributed by atoms with E-state index >= 15 is 0 Å². The molecule has 0 atom stereocenters. The van der Waals surface area contributed by atoms with Crippen LogP contribution in [0.4, 0.5) is 0 Å². The summed E-state index contributed by atoms with van der Waals surface area (Å²) in [6, 6.07) is 9.41. The van der Waals surface area contributed by atoms with Crippen molar-refractivity contribution in [2.45, 2.75) is 13.8 Å². The van der Waals surface area contributed by atoms with Crippen molar-refractivity contribution in [3.8, 4) is 17.4 Å². The van der Waals surface area contributed by atoms with E-state index in [-0.39, 0.29) is 0 Å². The molecule has 2 aromatic rings. The third-order valence-corrected chi connectivity index (χ3v) is 2.41. The van der Waals surface area contributed by atoms with Gasteiger partial charge in [-0.15, -0.1) is 0 Å². The monoisotopic (exact) mass is 198 g/mol. The maximum absolute atomic E-state index is 8.79. The van der Waals surface area contributed by atoms with Gasteiger partial charge in [-0.05, 0) is 26.0 Å². The molecule has 0 radical (unpaired) electrons. The minimum absolute atomic E-state index is 0.626. The first-order valence-corrected chi connectivity index (χ1v) is 4.66. The predicted molar refractivity (Wildman–Crippen MR) is 56.1 cm³/mol. The van der Waals surface area contributed by atoms with Crippen LogP contribution in [-0.2, 0) is 0 Å². The molecule has 1 aromatic carbocycles. The van der Waals surface area contributed by atoms with Crippen LogP contribution in [0, 0.1) is 25.2 Å². The third-order valence-electron chi connectivity index (χ3n) is 2.41. The Morgan fingerprint density at radius 3 is 2.73 bits per heavy atom. The zero-order valence-corrected chi connectivity index (χ0v) is 8.61. The molecule has 1 aromatic heterocycles. The smallest absolute Gasteiger partial charge is 0.170 e. The molecule has 0 saturated heterocycles. The minimum Gasteiger partial charge on any atom is -0.356 e. The zero-order chi connectivity index (χ0) is 10.8. The summed E-state index contributed by atoms with van der Waals surface area (Å²) in [6.07, 6.45) is 0. The number of benzene rings is 1. The first kappa shape index (κ1) is 9.47. The quantitative estimate of drug-likeness (QED) is 0.707. The second kappa shape index (κ2) is 3.58. The van der Waals surface area contributed by atoms with E-state index in [1.165, 1.54) is 0 Å². The number of aromatic nitrogens is 1. The maximum atomic E-state index is 8.79. The van der Waals surface area contributed by atoms with Crippen molar-refractivity contribution in [3.63, 3.8) is 0 Å². The van der Waals surface area contributed by atoms with E-state index in [2.05, 4.69) is 11.2 Å². The molecule has 0 aliphatic rings. The van der Waals surface area contributed by atoms with Gasteiger partial charge in [-0.1, -0.05) is 17.3 Å². The first-order chi connectivity index (χ1) is 7.22. The molecule has 0 spiro atoms. The highest BCUT2D eigenvalue weighted by Gasteiger charge is 2.10. The Hall–Kier alpha value is -2.08. The van der Waals surface area contributed by atoms with Gasteiger partial charge in [-0.3, -0.25) is 0 Å². The normalized spacial score (nSPS) is 9.93. The lowest BCUT2D eigenvalue weighted by Crippen LogP contribution is -1.81. The van der Waals surface area contributed by atoms with E-state index in [0.29, 0.717) is 5.56 Å². The largest absolute Gasteiger partial charge is 0.356 e. The fraction of sp³-hybridized carbons (Fsp3) is 0.167. The molecule has 0 saturated carbocycles. The molecule has 0 fully saturated rings. The average Bonchev–Trinajstić information content (AvgIpc) is 2.60. The number of nitriles is 1. The molecule has 0 unspecified atom stereocenters. The summed E-state index contributed by atoms with van der Waals surface area (Å²) >= 11 is 0. The van der Waals surface area contributed by atoms with Crippen molar-refractivity contribution in [2.24, 2.45) is 0 Å². The van der Waals surface area contributed by atoms with E-state index in [1.54, 1.807) is 12.1 Å². The molecule has 0 bridgehead atoms. The van der Waals surface area contributed by atoms with Gasteiger partial charge in [0.1, 0.15) is 0 Å². The molecular formula is C12H10N2O. The lowest BCUT2D eigenvalue weighted by Gasteiger charge is -1.97. The third kappa shape index (κ3) is 1.62. The van der Waals surface area contributed by atoms with Gasteiger partial charge in [0.15, 0.2) is 5.76 Å². The first-order valence-electron chi connectivity index (χ1n) is 4.66. The molecule has 0 aliphatic carbocycles. The number of nitrogens with zero attached hydrogens (tertiary/aromatic N) is 2. The summed E-state index contributed by atoms with van der Waals surface area (Å²) in [5.41, 5.74) is 3.42. The molecule has 2 rings (SSSR count). The zero-order valence-electron chi connectivity index (χ0n) is 8.61. The van der Waals surface area contributed by atoms with Crippen LogP contribution >= 0.6 is 0 Å². The topological polar surface area (TPSA) is 49.8 Å². The Labute approximate surface area is 87.9 Å². The lowest BCUT2D eigenvalue weighted by atomic mass is 10.1. The van der Waals surface area contributed by atoms with Crippen molar-refractivity contribution in [1.29, 1.82) is 5.26 Å². The van der Waals surface area contributed by atoms with E-state index in [1.807, 2.05) is 26.0 Å². The van der Waals surface area contributed by atoms with Gasteiger partial charge in [0.25, 0.3) is 0 Å². The Balaban J connectivity index is 2.55. The predicted octanol–water partition coefficient (Wildman–Crippen LogP) is 2.83. The Bertz CT molecular complexity index is 535. The van der Waals surface area contributed by atoms with E-state index in [4.69, 9.17) is 9.78 Å². The van der Waals surface area contributed by atoms with Crippen LogP contribution in [0.15, 0.2) is 28.8 Å². The molecule has 1 heterocycles. The van der Waals surface area contributed by atoms with Crippen molar-refractivity contribution in [1.82, 2.24) is 5.16 Å². The van der Waals surface area contributed by atoms with Gasteiger partial charge in [-0.2, -0.15) is 5.26 Å². The molecule has 0 aliphatic heterocycles. The van der Waals surface area contributed by atoms with Crippen LogP contribution < -0.4 is 0 Å². The van der Waals surface area contributed by atoms with Gasteiger partial charge in [0, 0.05) is 11.1 Å². The fourth-order valence-electron chi connectivity index (χ4n) is 1.41. The SMILES string of the molecule is Cc1noc(-c2cccc(C#N)c2)c1C. The van der Waals surface area contributed by atoms with Crippen LogP contribution in [0.1, 0.15) is 16.8 Å². The van der Waals surface area contributed by atoms with Gasteiger partial charge < -0.3 is 4.52 Å². The minimum atomic E-state index is 0.626. The summed E-state index contributed by atoms with van der Waals surface area (Å²) in [4.78, 5) is 0. The fourth-order valence-corrected chi connectivity index (χ4v) is 1.41. The second-order valence-corrected chi connectivity index (χ2v) is 3.41. The van der Waals surface area contributed by atoms with Gasteiger partial charge in [0.2, 0.25) is 0 Å². The number of hydrogen-bond acceptors (Lipinski definition) is 3. The number of aryl methyl sites for hydroxylation is 1. The van der Waals surface area contributed by atoms with Crippen molar-refractivity contribution < 1.29 is 4.52 Å².